The molecule has 66 valence electrons. The van der Waals surface area contributed by atoms with Crippen molar-refractivity contribution in [2.45, 2.75) is 0 Å². The molecule has 0 atom stereocenters. The molecule has 0 spiro atoms. The Kier molecular flexibility index (Phi) is 61.1. The molecule has 2 N–H and O–H groups in total. The second-order valence-corrected chi connectivity index (χ2v) is 0.899. The fraction of sp³-hybridized carbons (Fsp3) is 0. The number of aliphatic carboxylic acids is 2. The van der Waals surface area contributed by atoms with Crippen LogP contribution in [0.5, 0.6) is 0 Å². The smallest absolute Gasteiger partial charge is 0.907 e. The van der Waals surface area contributed by atoms with Crippen molar-refractivity contribution in [3.63, 3.8) is 0 Å². The van der Waals surface area contributed by atoms with Crippen LogP contribution in [0.2, 0.25) is 0 Å². The SMILES string of the molecule is F.O=C(O)C(=O)O.[Li+].[Li+].[Li+].[O-]B([O-])[O-]. The van der Waals surface area contributed by atoms with Gasteiger partial charge in [-0.25, -0.2) is 9.59 Å². The van der Waals surface area contributed by atoms with Crippen LogP contribution in [0.15, 0.2) is 0 Å². The second kappa shape index (κ2) is 23.4. The molecule has 0 aliphatic heterocycles. The van der Waals surface area contributed by atoms with Gasteiger partial charge in [0.2, 0.25) is 0 Å². The molecule has 0 aliphatic carbocycles. The van der Waals surface area contributed by atoms with Crippen LogP contribution in [0.25, 0.3) is 0 Å². The first-order valence-corrected chi connectivity index (χ1v) is 1.81. The minimum atomic E-state index is -2.92. The Labute approximate surface area is 115 Å². The van der Waals surface area contributed by atoms with Crippen LogP contribution in [0.4, 0.5) is 4.70 Å². The summed E-state index contributed by atoms with van der Waals surface area (Å²) in [6.07, 6.45) is 0. The molecule has 0 aliphatic rings. The molecule has 0 saturated heterocycles. The summed E-state index contributed by atoms with van der Waals surface area (Å²) in [6, 6.07) is 0. The van der Waals surface area contributed by atoms with Crippen molar-refractivity contribution in [1.29, 1.82) is 0 Å². The first-order chi connectivity index (χ1) is 4.37. The largest absolute Gasteiger partial charge is 1.00 e. The van der Waals surface area contributed by atoms with E-state index in [9.17, 15) is 0 Å². The van der Waals surface area contributed by atoms with E-state index in [1.807, 2.05) is 0 Å². The average molecular weight is 190 g/mol. The first-order valence-electron chi connectivity index (χ1n) is 1.81. The van der Waals surface area contributed by atoms with Gasteiger partial charge in [0.05, 0.1) is 0 Å². The Morgan fingerprint density at radius 1 is 0.857 bits per heavy atom. The molecule has 0 fully saturated rings. The van der Waals surface area contributed by atoms with E-state index in [1.54, 1.807) is 0 Å². The van der Waals surface area contributed by atoms with Crippen LogP contribution in [0.1, 0.15) is 0 Å². The van der Waals surface area contributed by atoms with Gasteiger partial charge in [-0.15, -0.1) is 0 Å². The quantitative estimate of drug-likeness (QED) is 0.284. The van der Waals surface area contributed by atoms with Gasteiger partial charge in [-0.05, 0) is 0 Å². The molecule has 0 amide bonds. The van der Waals surface area contributed by atoms with Crippen LogP contribution in [-0.2, 0) is 9.59 Å². The number of carboxylic acids is 2. The molecule has 0 radical (unpaired) electrons. The van der Waals surface area contributed by atoms with E-state index in [0.717, 1.165) is 0 Å². The predicted octanol–water partition coefficient (Wildman–Crippen LogP) is -13.6. The Morgan fingerprint density at radius 3 is 0.929 bits per heavy atom. The summed E-state index contributed by atoms with van der Waals surface area (Å²) in [5.41, 5.74) is 0. The number of carbonyl (C=O) groups is 2. The molecule has 7 nitrogen and oxygen atoms in total. The maximum Gasteiger partial charge on any atom is 1.00 e. The third-order valence-corrected chi connectivity index (χ3v) is 0.183. The van der Waals surface area contributed by atoms with E-state index >= 15 is 0 Å². The third-order valence-electron chi connectivity index (χ3n) is 0.183. The summed E-state index contributed by atoms with van der Waals surface area (Å²) in [6.45, 7) is 0. The van der Waals surface area contributed by atoms with Gasteiger partial charge >= 0.3 is 68.5 Å². The van der Waals surface area contributed by atoms with Crippen molar-refractivity contribution in [1.82, 2.24) is 0 Å². The zero-order chi connectivity index (χ0) is 8.73. The molecule has 0 saturated carbocycles. The van der Waals surface area contributed by atoms with Gasteiger partial charge in [-0.2, -0.15) is 0 Å². The van der Waals surface area contributed by atoms with E-state index < -0.39 is 19.3 Å². The molecule has 0 aromatic rings. The van der Waals surface area contributed by atoms with Crippen molar-refractivity contribution >= 4 is 19.3 Å². The van der Waals surface area contributed by atoms with Gasteiger partial charge < -0.3 is 25.3 Å². The van der Waals surface area contributed by atoms with Crippen molar-refractivity contribution in [3.05, 3.63) is 0 Å². The summed E-state index contributed by atoms with van der Waals surface area (Å²) in [5, 5.41) is 40.0. The van der Waals surface area contributed by atoms with Gasteiger partial charge in [0.25, 0.3) is 0 Å². The van der Waals surface area contributed by atoms with Gasteiger partial charge in [-0.1, -0.05) is 0 Å². The number of rotatable bonds is 0. The fourth-order valence-electron chi connectivity index (χ4n) is 0. The molecule has 14 heavy (non-hydrogen) atoms. The third kappa shape index (κ3) is 80.0. The molecular formula is C2H3BFLi3O7. The van der Waals surface area contributed by atoms with E-state index in [1.165, 1.54) is 0 Å². The summed E-state index contributed by atoms with van der Waals surface area (Å²) in [5.74, 6) is -3.65. The monoisotopic (exact) mass is 190 g/mol. The molecule has 0 rings (SSSR count). The Morgan fingerprint density at radius 2 is 0.929 bits per heavy atom. The van der Waals surface area contributed by atoms with E-state index in [-0.39, 0.29) is 61.3 Å². The average Bonchev–Trinajstić information content (AvgIpc) is 1.63. The molecule has 0 aromatic heterocycles. The number of hydrogen-bond acceptors (Lipinski definition) is 5. The second-order valence-electron chi connectivity index (χ2n) is 0.899. The van der Waals surface area contributed by atoms with Gasteiger partial charge in [-0.3, -0.25) is 12.0 Å². The molecular weight excluding hydrogens is 187 g/mol. The normalized spacial score (nSPS) is 5.07. The van der Waals surface area contributed by atoms with E-state index in [4.69, 9.17) is 34.9 Å². The topological polar surface area (TPSA) is 144 Å². The minimum Gasteiger partial charge on any atom is -0.907 e. The molecule has 12 heteroatoms. The maximum atomic E-state index is 9.10. The minimum absolute atomic E-state index is 0. The molecule has 0 aromatic carbocycles. The molecule has 0 unspecified atom stereocenters. The standard InChI is InChI=1S/C2H2O4.BO3.FH.3Li/c3-1(4)2(5)6;2-1(3)4;;;;/h(H,3,4)(H,5,6);;1H;;;/q;-3;;3*+1. The Hall–Kier alpha value is 0.607. The van der Waals surface area contributed by atoms with Crippen molar-refractivity contribution < 1.29 is 96.2 Å². The first kappa shape index (κ1) is 36.5. The van der Waals surface area contributed by atoms with Crippen molar-refractivity contribution in [2.24, 2.45) is 0 Å². The summed E-state index contributed by atoms with van der Waals surface area (Å²) in [4.78, 5) is 18.2. The maximum absolute atomic E-state index is 9.10. The van der Waals surface area contributed by atoms with Crippen molar-refractivity contribution in [3.8, 4) is 0 Å². The van der Waals surface area contributed by atoms with Crippen LogP contribution in [-0.4, -0.2) is 29.5 Å². The van der Waals surface area contributed by atoms with Crippen molar-refractivity contribution in [2.75, 3.05) is 0 Å². The van der Waals surface area contributed by atoms with Gasteiger partial charge in [0.1, 0.15) is 0 Å². The number of carboxylic acid groups (broad SMARTS) is 2. The van der Waals surface area contributed by atoms with E-state index in [0.29, 0.717) is 0 Å². The Balaban J connectivity index is -0.0000000185. The number of hydrogen-bond donors (Lipinski definition) is 2. The fourth-order valence-corrected chi connectivity index (χ4v) is 0. The van der Waals surface area contributed by atoms with Crippen LogP contribution in [0.3, 0.4) is 0 Å². The summed E-state index contributed by atoms with van der Waals surface area (Å²) in [7, 11) is -2.92. The van der Waals surface area contributed by atoms with Gasteiger partial charge in [0.15, 0.2) is 0 Å². The van der Waals surface area contributed by atoms with Gasteiger partial charge in [0, 0.05) is 0 Å². The van der Waals surface area contributed by atoms with E-state index in [2.05, 4.69) is 0 Å². The number of halogens is 1. The molecule has 0 heterocycles. The van der Waals surface area contributed by atoms with Crippen LogP contribution < -0.4 is 71.7 Å². The zero-order valence-electron chi connectivity index (χ0n) is 7.92. The van der Waals surface area contributed by atoms with Crippen LogP contribution >= 0.6 is 0 Å². The Bertz CT molecular complexity index is 119. The molecule has 0 bridgehead atoms. The van der Waals surface area contributed by atoms with Crippen LogP contribution in [0, 0.1) is 0 Å². The zero-order valence-corrected chi connectivity index (χ0v) is 7.92. The summed E-state index contributed by atoms with van der Waals surface area (Å²) >= 11 is 0. The predicted molar refractivity (Wildman–Crippen MR) is 23.5 cm³/mol. The summed E-state index contributed by atoms with van der Waals surface area (Å²) < 4.78 is 0.